The lowest BCUT2D eigenvalue weighted by molar-refractivity contribution is -0.149. The van der Waals surface area contributed by atoms with Gasteiger partial charge in [-0.1, -0.05) is 22.0 Å². The first kappa shape index (κ1) is 15.7. The highest BCUT2D eigenvalue weighted by atomic mass is 79.9. The molecular formula is C14H18BrNO3. The summed E-state index contributed by atoms with van der Waals surface area (Å²) in [5, 5.41) is 11.7. The van der Waals surface area contributed by atoms with Gasteiger partial charge in [0.15, 0.2) is 0 Å². The summed E-state index contributed by atoms with van der Waals surface area (Å²) < 4.78 is 0.952. The number of carboxylic acids is 1. The van der Waals surface area contributed by atoms with E-state index in [4.69, 9.17) is 5.11 Å². The van der Waals surface area contributed by atoms with Crippen LogP contribution in [0.15, 0.2) is 22.7 Å². The quantitative estimate of drug-likeness (QED) is 0.873. The second-order valence-corrected chi connectivity index (χ2v) is 6.13. The van der Waals surface area contributed by atoms with Crippen LogP contribution in [-0.2, 0) is 16.1 Å². The van der Waals surface area contributed by atoms with Crippen LogP contribution < -0.4 is 5.32 Å². The molecule has 0 aliphatic carbocycles. The van der Waals surface area contributed by atoms with E-state index in [-0.39, 0.29) is 12.3 Å². The Bertz CT molecular complexity index is 497. The molecule has 0 fully saturated rings. The van der Waals surface area contributed by atoms with Gasteiger partial charge in [0, 0.05) is 17.4 Å². The second kappa shape index (κ2) is 6.19. The molecule has 1 rings (SSSR count). The third-order valence-electron chi connectivity index (χ3n) is 2.97. The maximum absolute atomic E-state index is 11.7. The fourth-order valence-corrected chi connectivity index (χ4v) is 1.97. The van der Waals surface area contributed by atoms with Crippen LogP contribution in [0.4, 0.5) is 0 Å². The molecule has 0 saturated carbocycles. The van der Waals surface area contributed by atoms with Gasteiger partial charge in [-0.15, -0.1) is 0 Å². The minimum Gasteiger partial charge on any atom is -0.481 e. The van der Waals surface area contributed by atoms with Crippen LogP contribution in [-0.4, -0.2) is 17.0 Å². The average Bonchev–Trinajstić information content (AvgIpc) is 2.29. The van der Waals surface area contributed by atoms with Crippen molar-refractivity contribution in [3.8, 4) is 0 Å². The molecule has 104 valence electrons. The molecule has 1 aromatic carbocycles. The first-order chi connectivity index (χ1) is 8.72. The number of carbonyl (C=O) groups excluding carboxylic acids is 1. The van der Waals surface area contributed by atoms with Crippen molar-refractivity contribution in [1.29, 1.82) is 0 Å². The molecule has 0 radical (unpaired) electrons. The zero-order valence-corrected chi connectivity index (χ0v) is 12.9. The minimum absolute atomic E-state index is 0.0324. The molecule has 19 heavy (non-hydrogen) atoms. The average molecular weight is 328 g/mol. The molecule has 4 nitrogen and oxygen atoms in total. The van der Waals surface area contributed by atoms with E-state index in [9.17, 15) is 9.59 Å². The predicted molar refractivity (Wildman–Crippen MR) is 76.8 cm³/mol. The third-order valence-corrected chi connectivity index (χ3v) is 3.46. The van der Waals surface area contributed by atoms with Gasteiger partial charge < -0.3 is 10.4 Å². The lowest BCUT2D eigenvalue weighted by atomic mass is 9.89. The lowest BCUT2D eigenvalue weighted by Gasteiger charge is -2.18. The SMILES string of the molecule is Cc1ccc(Br)cc1CNC(=O)CC(C)(C)C(=O)O. The van der Waals surface area contributed by atoms with Crippen molar-refractivity contribution in [2.75, 3.05) is 0 Å². The van der Waals surface area contributed by atoms with Crippen molar-refractivity contribution in [3.05, 3.63) is 33.8 Å². The number of rotatable bonds is 5. The van der Waals surface area contributed by atoms with Crippen molar-refractivity contribution >= 4 is 27.8 Å². The number of carbonyl (C=O) groups is 2. The van der Waals surface area contributed by atoms with E-state index in [0.29, 0.717) is 6.54 Å². The van der Waals surface area contributed by atoms with Crippen molar-refractivity contribution in [2.24, 2.45) is 5.41 Å². The second-order valence-electron chi connectivity index (χ2n) is 5.21. The molecular weight excluding hydrogens is 310 g/mol. The summed E-state index contributed by atoms with van der Waals surface area (Å²) in [6, 6.07) is 5.85. The summed E-state index contributed by atoms with van der Waals surface area (Å²) in [6.07, 6.45) is -0.0324. The summed E-state index contributed by atoms with van der Waals surface area (Å²) in [5.41, 5.74) is 1.05. The molecule has 0 atom stereocenters. The Morgan fingerprint density at radius 3 is 2.58 bits per heavy atom. The fraction of sp³-hybridized carbons (Fsp3) is 0.429. The number of halogens is 1. The number of carboxylic acid groups (broad SMARTS) is 1. The predicted octanol–water partition coefficient (Wildman–Crippen LogP) is 2.87. The summed E-state index contributed by atoms with van der Waals surface area (Å²) >= 11 is 3.38. The molecule has 0 aliphatic rings. The number of amides is 1. The first-order valence-electron chi connectivity index (χ1n) is 5.97. The molecule has 0 unspecified atom stereocenters. The van der Waals surface area contributed by atoms with Gasteiger partial charge in [-0.2, -0.15) is 0 Å². The molecule has 2 N–H and O–H groups in total. The number of hydrogen-bond donors (Lipinski definition) is 2. The van der Waals surface area contributed by atoms with E-state index < -0.39 is 11.4 Å². The van der Waals surface area contributed by atoms with Gasteiger partial charge in [0.25, 0.3) is 0 Å². The Kier molecular flexibility index (Phi) is 5.11. The van der Waals surface area contributed by atoms with Gasteiger partial charge in [-0.3, -0.25) is 9.59 Å². The largest absolute Gasteiger partial charge is 0.481 e. The monoisotopic (exact) mass is 327 g/mol. The fourth-order valence-electron chi connectivity index (χ4n) is 1.56. The molecule has 1 aromatic rings. The molecule has 0 spiro atoms. The zero-order chi connectivity index (χ0) is 14.6. The molecule has 0 bridgehead atoms. The minimum atomic E-state index is -1.05. The van der Waals surface area contributed by atoms with Gasteiger partial charge in [0.1, 0.15) is 0 Å². The van der Waals surface area contributed by atoms with Crippen LogP contribution in [0.3, 0.4) is 0 Å². The maximum atomic E-state index is 11.7. The Morgan fingerprint density at radius 2 is 2.00 bits per heavy atom. The van der Waals surface area contributed by atoms with Crippen molar-refractivity contribution < 1.29 is 14.7 Å². The molecule has 0 heterocycles. The van der Waals surface area contributed by atoms with E-state index in [1.54, 1.807) is 13.8 Å². The highest BCUT2D eigenvalue weighted by molar-refractivity contribution is 9.10. The molecule has 0 aliphatic heterocycles. The summed E-state index contributed by atoms with van der Waals surface area (Å²) in [4.78, 5) is 22.7. The molecule has 0 saturated heterocycles. The zero-order valence-electron chi connectivity index (χ0n) is 11.3. The van der Waals surface area contributed by atoms with Crippen LogP contribution in [0.25, 0.3) is 0 Å². The number of benzene rings is 1. The van der Waals surface area contributed by atoms with E-state index in [0.717, 1.165) is 15.6 Å². The molecule has 5 heteroatoms. The number of nitrogens with one attached hydrogen (secondary N) is 1. The van der Waals surface area contributed by atoms with Gasteiger partial charge in [-0.25, -0.2) is 0 Å². The normalized spacial score (nSPS) is 11.2. The van der Waals surface area contributed by atoms with Crippen molar-refractivity contribution in [1.82, 2.24) is 5.32 Å². The highest BCUT2D eigenvalue weighted by Gasteiger charge is 2.29. The van der Waals surface area contributed by atoms with Crippen LogP contribution in [0.1, 0.15) is 31.4 Å². The highest BCUT2D eigenvalue weighted by Crippen LogP contribution is 2.20. The third kappa shape index (κ3) is 4.67. The summed E-state index contributed by atoms with van der Waals surface area (Å²) in [7, 11) is 0. The van der Waals surface area contributed by atoms with Gasteiger partial charge in [0.05, 0.1) is 5.41 Å². The van der Waals surface area contributed by atoms with Crippen LogP contribution in [0.5, 0.6) is 0 Å². The van der Waals surface area contributed by atoms with E-state index in [2.05, 4.69) is 21.2 Å². The van der Waals surface area contributed by atoms with Gasteiger partial charge in [0.2, 0.25) is 5.91 Å². The Labute approximate surface area is 121 Å². The number of aliphatic carboxylic acids is 1. The van der Waals surface area contributed by atoms with Crippen molar-refractivity contribution in [3.63, 3.8) is 0 Å². The standard InChI is InChI=1S/C14H18BrNO3/c1-9-4-5-11(15)6-10(9)8-16-12(17)7-14(2,3)13(18)19/h4-6H,7-8H2,1-3H3,(H,16,17)(H,18,19). The molecule has 1 amide bonds. The Hall–Kier alpha value is -1.36. The van der Waals surface area contributed by atoms with E-state index in [1.807, 2.05) is 25.1 Å². The van der Waals surface area contributed by atoms with Gasteiger partial charge >= 0.3 is 5.97 Å². The van der Waals surface area contributed by atoms with Gasteiger partial charge in [-0.05, 0) is 44.0 Å². The van der Waals surface area contributed by atoms with E-state index >= 15 is 0 Å². The Balaban J connectivity index is 2.60. The summed E-state index contributed by atoms with van der Waals surface area (Å²) in [6.45, 7) is 5.45. The Morgan fingerprint density at radius 1 is 1.37 bits per heavy atom. The van der Waals surface area contributed by atoms with Crippen LogP contribution in [0.2, 0.25) is 0 Å². The van der Waals surface area contributed by atoms with Crippen molar-refractivity contribution in [2.45, 2.75) is 33.7 Å². The van der Waals surface area contributed by atoms with E-state index in [1.165, 1.54) is 0 Å². The topological polar surface area (TPSA) is 66.4 Å². The number of hydrogen-bond acceptors (Lipinski definition) is 2. The van der Waals surface area contributed by atoms with Crippen LogP contribution in [0, 0.1) is 12.3 Å². The number of aryl methyl sites for hydroxylation is 1. The lowest BCUT2D eigenvalue weighted by Crippen LogP contribution is -2.33. The smallest absolute Gasteiger partial charge is 0.309 e. The maximum Gasteiger partial charge on any atom is 0.309 e. The molecule has 0 aromatic heterocycles. The first-order valence-corrected chi connectivity index (χ1v) is 6.77. The van der Waals surface area contributed by atoms with Crippen LogP contribution >= 0.6 is 15.9 Å². The summed E-state index contributed by atoms with van der Waals surface area (Å²) in [5.74, 6) is -1.23.